The Morgan fingerprint density at radius 3 is 2.90 bits per heavy atom. The predicted octanol–water partition coefficient (Wildman–Crippen LogP) is 1.35. The van der Waals surface area contributed by atoms with E-state index in [0.29, 0.717) is 31.6 Å². The van der Waals surface area contributed by atoms with E-state index < -0.39 is 11.9 Å². The molecule has 2 aliphatic rings. The average molecular weight is 407 g/mol. The van der Waals surface area contributed by atoms with Gasteiger partial charge in [0.2, 0.25) is 11.8 Å². The summed E-state index contributed by atoms with van der Waals surface area (Å²) in [5.74, 6) is -0.104. The lowest BCUT2D eigenvalue weighted by molar-refractivity contribution is -0.136. The van der Waals surface area contributed by atoms with Crippen LogP contribution in [-0.4, -0.2) is 40.2 Å². The van der Waals surface area contributed by atoms with Gasteiger partial charge in [-0.25, -0.2) is 4.98 Å². The first-order chi connectivity index (χ1) is 14.6. The molecule has 2 aliphatic heterocycles. The number of piperidine rings is 1. The van der Waals surface area contributed by atoms with Crippen molar-refractivity contribution in [3.8, 4) is 0 Å². The summed E-state index contributed by atoms with van der Waals surface area (Å²) < 4.78 is 0. The highest BCUT2D eigenvalue weighted by molar-refractivity contribution is 6.06. The van der Waals surface area contributed by atoms with Crippen LogP contribution in [0.5, 0.6) is 0 Å². The first-order valence-corrected chi connectivity index (χ1v) is 10.2. The predicted molar refractivity (Wildman–Crippen MR) is 111 cm³/mol. The first-order valence-electron chi connectivity index (χ1n) is 10.2. The number of fused-ring (bicyclic) bond motifs is 1. The molecule has 0 radical (unpaired) electrons. The highest BCUT2D eigenvalue weighted by atomic mass is 16.2. The molecule has 1 atom stereocenters. The standard InChI is InChI=1S/C22H25N5O3/c23-9-2-3-14-8-10-24-18(11-14)25-12-15-4-1-5-16-13-27(22(30)20(15)16)17-6-7-19(28)26-21(17)29/h1,4-5,8,10-11,17H,2-3,6-7,9,12-13,23H2,(H,24,25)(H,26,28,29). The molecule has 0 aliphatic carbocycles. The Labute approximate surface area is 174 Å². The molecule has 0 saturated carbocycles. The summed E-state index contributed by atoms with van der Waals surface area (Å²) in [7, 11) is 0. The molecule has 4 N–H and O–H groups in total. The number of pyridine rings is 1. The molecule has 8 nitrogen and oxygen atoms in total. The summed E-state index contributed by atoms with van der Waals surface area (Å²) in [5, 5.41) is 5.63. The van der Waals surface area contributed by atoms with Crippen LogP contribution in [0.1, 0.15) is 46.3 Å². The zero-order chi connectivity index (χ0) is 21.1. The first kappa shape index (κ1) is 20.0. The average Bonchev–Trinajstić information content (AvgIpc) is 3.08. The molecule has 30 heavy (non-hydrogen) atoms. The van der Waals surface area contributed by atoms with Crippen molar-refractivity contribution in [2.24, 2.45) is 5.73 Å². The van der Waals surface area contributed by atoms with Crippen LogP contribution in [0.15, 0.2) is 36.5 Å². The maximum atomic E-state index is 13.1. The van der Waals surface area contributed by atoms with Crippen LogP contribution in [0.3, 0.4) is 0 Å². The number of benzene rings is 1. The Morgan fingerprint density at radius 2 is 2.10 bits per heavy atom. The van der Waals surface area contributed by atoms with Crippen molar-refractivity contribution in [3.63, 3.8) is 0 Å². The second-order valence-electron chi connectivity index (χ2n) is 7.65. The number of hydrogen-bond donors (Lipinski definition) is 3. The molecular formula is C22H25N5O3. The molecule has 4 rings (SSSR count). The molecule has 3 amide bonds. The smallest absolute Gasteiger partial charge is 0.255 e. The number of aryl methyl sites for hydroxylation is 1. The van der Waals surface area contributed by atoms with Gasteiger partial charge in [-0.3, -0.25) is 19.7 Å². The Kier molecular flexibility index (Phi) is 5.76. The third kappa shape index (κ3) is 4.04. The molecule has 8 heteroatoms. The number of rotatable bonds is 7. The number of aromatic nitrogens is 1. The van der Waals surface area contributed by atoms with Crippen molar-refractivity contribution in [2.75, 3.05) is 11.9 Å². The number of carbonyl (C=O) groups is 3. The van der Waals surface area contributed by atoms with Gasteiger partial charge in [0.25, 0.3) is 5.91 Å². The fourth-order valence-electron chi connectivity index (χ4n) is 4.06. The van der Waals surface area contributed by atoms with Gasteiger partial charge in [0, 0.05) is 31.3 Å². The van der Waals surface area contributed by atoms with E-state index in [1.807, 2.05) is 30.3 Å². The number of carbonyl (C=O) groups excluding carboxylic acids is 3. The van der Waals surface area contributed by atoms with E-state index >= 15 is 0 Å². The fourth-order valence-corrected chi connectivity index (χ4v) is 4.06. The topological polar surface area (TPSA) is 117 Å². The number of hydrogen-bond acceptors (Lipinski definition) is 6. The van der Waals surface area contributed by atoms with Gasteiger partial charge in [-0.1, -0.05) is 18.2 Å². The van der Waals surface area contributed by atoms with Crippen molar-refractivity contribution in [1.29, 1.82) is 0 Å². The molecule has 2 aromatic rings. The van der Waals surface area contributed by atoms with E-state index in [0.717, 1.165) is 35.3 Å². The van der Waals surface area contributed by atoms with Gasteiger partial charge in [-0.05, 0) is 54.6 Å². The van der Waals surface area contributed by atoms with Gasteiger partial charge in [0.05, 0.1) is 0 Å². The number of anilines is 1. The minimum atomic E-state index is -0.607. The van der Waals surface area contributed by atoms with Crippen LogP contribution >= 0.6 is 0 Å². The molecule has 3 heterocycles. The lowest BCUT2D eigenvalue weighted by Gasteiger charge is -2.29. The van der Waals surface area contributed by atoms with Gasteiger partial charge < -0.3 is 16.0 Å². The number of amides is 3. The largest absolute Gasteiger partial charge is 0.366 e. The summed E-state index contributed by atoms with van der Waals surface area (Å²) in [5.41, 5.74) is 9.14. The van der Waals surface area contributed by atoms with Crippen LogP contribution < -0.4 is 16.4 Å². The van der Waals surface area contributed by atoms with Crippen molar-refractivity contribution in [1.82, 2.24) is 15.2 Å². The summed E-state index contributed by atoms with van der Waals surface area (Å²) in [6.07, 6.45) is 4.18. The zero-order valence-corrected chi connectivity index (χ0v) is 16.7. The van der Waals surface area contributed by atoms with Crippen molar-refractivity contribution in [3.05, 3.63) is 58.8 Å². The second-order valence-corrected chi connectivity index (χ2v) is 7.65. The summed E-state index contributed by atoms with van der Waals surface area (Å²) in [4.78, 5) is 42.7. The van der Waals surface area contributed by atoms with Gasteiger partial charge in [-0.15, -0.1) is 0 Å². The number of imide groups is 1. The van der Waals surface area contributed by atoms with Crippen LogP contribution in [-0.2, 0) is 29.1 Å². The lowest BCUT2D eigenvalue weighted by atomic mass is 10.0. The normalized spacial score (nSPS) is 18.4. The van der Waals surface area contributed by atoms with Crippen molar-refractivity contribution < 1.29 is 14.4 Å². The van der Waals surface area contributed by atoms with E-state index in [1.165, 1.54) is 0 Å². The Hall–Kier alpha value is -3.26. The minimum Gasteiger partial charge on any atom is -0.366 e. The summed E-state index contributed by atoms with van der Waals surface area (Å²) in [6, 6.07) is 9.11. The molecule has 1 saturated heterocycles. The van der Waals surface area contributed by atoms with E-state index in [-0.39, 0.29) is 18.2 Å². The highest BCUT2D eigenvalue weighted by Gasteiger charge is 2.39. The fraction of sp³-hybridized carbons (Fsp3) is 0.364. The zero-order valence-electron chi connectivity index (χ0n) is 16.7. The SMILES string of the molecule is NCCCc1ccnc(NCc2cccc3c2C(=O)N(C2CCC(=O)NC2=O)C3)c1. The van der Waals surface area contributed by atoms with E-state index in [4.69, 9.17) is 5.73 Å². The molecule has 1 aromatic carbocycles. The third-order valence-corrected chi connectivity index (χ3v) is 5.59. The molecule has 0 spiro atoms. The van der Waals surface area contributed by atoms with Gasteiger partial charge in [0.15, 0.2) is 0 Å². The molecule has 1 fully saturated rings. The van der Waals surface area contributed by atoms with Crippen molar-refractivity contribution in [2.45, 2.75) is 44.8 Å². The third-order valence-electron chi connectivity index (χ3n) is 5.59. The summed E-state index contributed by atoms with van der Waals surface area (Å²) in [6.45, 7) is 1.47. The Morgan fingerprint density at radius 1 is 1.23 bits per heavy atom. The van der Waals surface area contributed by atoms with Crippen LogP contribution in [0.4, 0.5) is 5.82 Å². The Bertz CT molecular complexity index is 990. The minimum absolute atomic E-state index is 0.165. The molecule has 0 bridgehead atoms. The van der Waals surface area contributed by atoms with Crippen LogP contribution in [0.2, 0.25) is 0 Å². The van der Waals surface area contributed by atoms with Crippen molar-refractivity contribution >= 4 is 23.5 Å². The quantitative estimate of drug-likeness (QED) is 0.597. The maximum Gasteiger partial charge on any atom is 0.255 e. The van der Waals surface area contributed by atoms with Gasteiger partial charge in [-0.2, -0.15) is 0 Å². The van der Waals surface area contributed by atoms with Gasteiger partial charge >= 0.3 is 0 Å². The monoisotopic (exact) mass is 407 g/mol. The van der Waals surface area contributed by atoms with E-state index in [2.05, 4.69) is 15.6 Å². The summed E-state index contributed by atoms with van der Waals surface area (Å²) >= 11 is 0. The van der Waals surface area contributed by atoms with E-state index in [1.54, 1.807) is 11.1 Å². The molecule has 1 unspecified atom stereocenters. The van der Waals surface area contributed by atoms with Crippen LogP contribution in [0.25, 0.3) is 0 Å². The Balaban J connectivity index is 1.48. The number of nitrogens with one attached hydrogen (secondary N) is 2. The molecular weight excluding hydrogens is 382 g/mol. The second kappa shape index (κ2) is 8.62. The van der Waals surface area contributed by atoms with Gasteiger partial charge in [0.1, 0.15) is 11.9 Å². The number of nitrogens with zero attached hydrogens (tertiary/aromatic N) is 2. The molecule has 1 aromatic heterocycles. The number of nitrogens with two attached hydrogens (primary N) is 1. The lowest BCUT2D eigenvalue weighted by Crippen LogP contribution is -2.52. The van der Waals surface area contributed by atoms with E-state index in [9.17, 15) is 14.4 Å². The highest BCUT2D eigenvalue weighted by Crippen LogP contribution is 2.30. The maximum absolute atomic E-state index is 13.1. The molecule has 156 valence electrons. The van der Waals surface area contributed by atoms with Crippen LogP contribution in [0, 0.1) is 0 Å².